The third-order valence-corrected chi connectivity index (χ3v) is 4.65. The zero-order chi connectivity index (χ0) is 21.6. The second-order valence-electron chi connectivity index (χ2n) is 7.69. The third-order valence-electron chi connectivity index (χ3n) is 4.65. The van der Waals surface area contributed by atoms with E-state index in [0.717, 1.165) is 0 Å². The van der Waals surface area contributed by atoms with Gasteiger partial charge in [0.15, 0.2) is 0 Å². The summed E-state index contributed by atoms with van der Waals surface area (Å²) in [5.74, 6) is 0.848. The van der Waals surface area contributed by atoms with Crippen LogP contribution in [0.15, 0.2) is 46.4 Å². The van der Waals surface area contributed by atoms with Crippen LogP contribution in [0.3, 0.4) is 0 Å². The molecule has 0 amide bonds. The van der Waals surface area contributed by atoms with Gasteiger partial charge in [0.2, 0.25) is 0 Å². The Kier molecular flexibility index (Phi) is 13.8. The Morgan fingerprint density at radius 2 is 1.12 bits per heavy atom. The minimum absolute atomic E-state index is 0. The number of benzene rings is 2. The number of methoxy groups -OCH3 is 2. The molecular weight excluding hydrogens is 496 g/mol. The summed E-state index contributed by atoms with van der Waals surface area (Å²) in [6, 6.07) is 9.89. The minimum Gasteiger partial charge on any atom is -2.00 e. The molecule has 2 aromatic carbocycles. The van der Waals surface area contributed by atoms with E-state index in [0.29, 0.717) is 47.1 Å². The Labute approximate surface area is 203 Å². The predicted octanol–water partition coefficient (Wildman–Crippen LogP) is 2.96. The van der Waals surface area contributed by atoms with Crippen LogP contribution in [0.5, 0.6) is 23.0 Å². The number of hydrogen-bond donors (Lipinski definition) is 0. The largest absolute Gasteiger partial charge is 2.00 e. The van der Waals surface area contributed by atoms with Crippen LogP contribution >= 0.6 is 0 Å². The molecule has 0 saturated carbocycles. The molecule has 2 aromatic rings. The molecule has 0 unspecified atom stereocenters. The van der Waals surface area contributed by atoms with Crippen LogP contribution in [0.1, 0.15) is 38.8 Å². The topological polar surface area (TPSA) is 146 Å². The van der Waals surface area contributed by atoms with Crippen molar-refractivity contribution in [3.05, 3.63) is 47.5 Å². The van der Waals surface area contributed by atoms with E-state index in [-0.39, 0.29) is 48.9 Å². The van der Waals surface area contributed by atoms with Crippen molar-refractivity contribution in [2.24, 2.45) is 15.4 Å². The second-order valence-corrected chi connectivity index (χ2v) is 7.69. The van der Waals surface area contributed by atoms with Crippen LogP contribution in [0, 0.1) is 5.41 Å². The van der Waals surface area contributed by atoms with Gasteiger partial charge in [0.25, 0.3) is 0 Å². The maximum absolute atomic E-state index is 12.2. The number of hydrogen-bond acceptors (Lipinski definition) is 6. The summed E-state index contributed by atoms with van der Waals surface area (Å²) in [5.41, 5.74) is 2.27. The van der Waals surface area contributed by atoms with Gasteiger partial charge in [0.1, 0.15) is 11.5 Å². The van der Waals surface area contributed by atoms with Gasteiger partial charge >= 0.3 is 0 Å². The van der Waals surface area contributed by atoms with Crippen LogP contribution in [0.25, 0.3) is 0 Å². The number of rotatable bonds is 8. The smallest absolute Gasteiger partial charge is 0.118 e. The standard InChI is InChI=1S/C23H30N2O4.Mo.2O/c1-15(19-9-7-17(28-5)11-21(19)26)24-13-23(3,4)14-25-16(2)20-10-8-18(29-6)12-22(20)27;;;/h7-12,26-27H,13-14H2,1-6H3;;;/q;;2*-2/p-2. The minimum atomic E-state index is -0.229. The van der Waals surface area contributed by atoms with Crippen molar-refractivity contribution in [1.29, 1.82) is 0 Å². The molecule has 0 fully saturated rings. The van der Waals surface area contributed by atoms with E-state index in [1.165, 1.54) is 26.4 Å². The van der Waals surface area contributed by atoms with Crippen molar-refractivity contribution in [2.75, 3.05) is 27.3 Å². The molecule has 0 bridgehead atoms. The van der Waals surface area contributed by atoms with Gasteiger partial charge in [-0.25, -0.2) is 0 Å². The van der Waals surface area contributed by atoms with Crippen LogP contribution in [-0.4, -0.2) is 38.7 Å². The molecule has 0 aliphatic rings. The van der Waals surface area contributed by atoms with Crippen molar-refractivity contribution < 1.29 is 51.7 Å². The molecule has 0 saturated heterocycles. The quantitative estimate of drug-likeness (QED) is 0.386. The molecule has 0 aliphatic carbocycles. The fourth-order valence-electron chi connectivity index (χ4n) is 2.74. The van der Waals surface area contributed by atoms with E-state index in [9.17, 15) is 10.2 Å². The first kappa shape index (κ1) is 31.8. The van der Waals surface area contributed by atoms with Crippen LogP contribution in [-0.2, 0) is 32.0 Å². The van der Waals surface area contributed by atoms with Gasteiger partial charge in [-0.15, -0.1) is 0 Å². The van der Waals surface area contributed by atoms with E-state index < -0.39 is 0 Å². The third kappa shape index (κ3) is 8.61. The molecular formula is C23H28MoN2O6-6. The fourth-order valence-corrected chi connectivity index (χ4v) is 2.74. The van der Waals surface area contributed by atoms with Crippen molar-refractivity contribution in [2.45, 2.75) is 27.7 Å². The summed E-state index contributed by atoms with van der Waals surface area (Å²) < 4.78 is 10.1. The van der Waals surface area contributed by atoms with E-state index in [2.05, 4.69) is 23.8 Å². The number of aliphatic imine (C=N–C) groups is 2. The normalized spacial score (nSPS) is 11.6. The molecule has 0 radical (unpaired) electrons. The molecule has 0 N–H and O–H groups in total. The Morgan fingerprint density at radius 3 is 1.41 bits per heavy atom. The molecule has 178 valence electrons. The first-order valence-corrected chi connectivity index (χ1v) is 9.40. The van der Waals surface area contributed by atoms with Gasteiger partial charge in [-0.05, 0) is 49.2 Å². The second kappa shape index (κ2) is 13.9. The zero-order valence-electron chi connectivity index (χ0n) is 19.1. The molecule has 2 rings (SSSR count). The molecule has 0 heterocycles. The van der Waals surface area contributed by atoms with Crippen LogP contribution in [0.2, 0.25) is 0 Å². The Morgan fingerprint density at radius 1 is 0.781 bits per heavy atom. The fraction of sp³-hybridized carbons (Fsp3) is 0.391. The predicted molar refractivity (Wildman–Crippen MR) is 114 cm³/mol. The van der Waals surface area contributed by atoms with E-state index >= 15 is 0 Å². The van der Waals surface area contributed by atoms with Crippen molar-refractivity contribution in [3.8, 4) is 23.0 Å². The monoisotopic (exact) mass is 526 g/mol. The van der Waals surface area contributed by atoms with Gasteiger partial charge in [-0.2, -0.15) is 0 Å². The van der Waals surface area contributed by atoms with E-state index in [1.54, 1.807) is 24.3 Å². The average molecular weight is 524 g/mol. The summed E-state index contributed by atoms with van der Waals surface area (Å²) >= 11 is 0. The number of ether oxygens (including phenoxy) is 2. The van der Waals surface area contributed by atoms with E-state index in [4.69, 9.17) is 9.47 Å². The zero-order valence-corrected chi connectivity index (χ0v) is 21.1. The van der Waals surface area contributed by atoms with Crippen LogP contribution in [0.4, 0.5) is 0 Å². The summed E-state index contributed by atoms with van der Waals surface area (Å²) in [7, 11) is 3.06. The first-order chi connectivity index (χ1) is 13.7. The van der Waals surface area contributed by atoms with Gasteiger partial charge in [-0.3, -0.25) is 9.98 Å². The molecule has 0 aliphatic heterocycles. The van der Waals surface area contributed by atoms with Crippen molar-refractivity contribution >= 4 is 11.4 Å². The molecule has 0 aromatic heterocycles. The molecule has 32 heavy (non-hydrogen) atoms. The maximum atomic E-state index is 12.2. The van der Waals surface area contributed by atoms with Crippen LogP contribution < -0.4 is 19.7 Å². The van der Waals surface area contributed by atoms with Gasteiger partial charge in [0.05, 0.1) is 14.2 Å². The SMILES string of the molecule is COc1ccc(C(C)=NCC(C)(C)CN=C(C)c2ccc(OC)cc2[O-])c([O-])c1.[Mo].[O-2].[O-2]. The Hall–Kier alpha value is -2.41. The molecule has 0 spiro atoms. The molecule has 9 heteroatoms. The molecule has 0 atom stereocenters. The van der Waals surface area contributed by atoms with E-state index in [1.807, 2.05) is 13.8 Å². The summed E-state index contributed by atoms with van der Waals surface area (Å²) in [6.45, 7) is 8.78. The van der Waals surface area contributed by atoms with Crippen molar-refractivity contribution in [1.82, 2.24) is 0 Å². The average Bonchev–Trinajstić information content (AvgIpc) is 2.70. The van der Waals surface area contributed by atoms with Gasteiger partial charge < -0.3 is 30.6 Å². The summed E-state index contributed by atoms with van der Waals surface area (Å²) in [5, 5.41) is 24.4. The Bertz CT molecular complexity index is 855. The van der Waals surface area contributed by atoms with Gasteiger partial charge in [0, 0.05) is 51.0 Å². The summed E-state index contributed by atoms with van der Waals surface area (Å²) in [6.07, 6.45) is 0. The summed E-state index contributed by atoms with van der Waals surface area (Å²) in [4.78, 5) is 9.20. The van der Waals surface area contributed by atoms with Gasteiger partial charge in [-0.1, -0.05) is 37.5 Å². The number of nitrogens with zero attached hydrogens (tertiary/aromatic N) is 2. The maximum Gasteiger partial charge on any atom is 0.118 e. The Balaban J connectivity index is 0. The first-order valence-electron chi connectivity index (χ1n) is 9.40. The molecule has 8 nitrogen and oxygen atoms in total. The van der Waals surface area contributed by atoms with Crippen molar-refractivity contribution in [3.63, 3.8) is 0 Å².